The fourth-order valence-corrected chi connectivity index (χ4v) is 5.19. The van der Waals surface area contributed by atoms with Crippen molar-refractivity contribution >= 4 is 39.0 Å². The van der Waals surface area contributed by atoms with E-state index < -0.39 is 10.0 Å². The summed E-state index contributed by atoms with van der Waals surface area (Å²) >= 11 is 6.06. The number of carbonyl (C=O) groups is 2. The maximum absolute atomic E-state index is 12.9. The molecule has 7 nitrogen and oxygen atoms in total. The van der Waals surface area contributed by atoms with Crippen LogP contribution < -0.4 is 10.1 Å². The van der Waals surface area contributed by atoms with E-state index in [2.05, 4.69) is 5.32 Å². The smallest absolute Gasteiger partial charge is 0.243 e. The number of halogens is 1. The van der Waals surface area contributed by atoms with Gasteiger partial charge in [0, 0.05) is 30.3 Å². The van der Waals surface area contributed by atoms with E-state index in [9.17, 15) is 18.0 Å². The Morgan fingerprint density at radius 2 is 1.83 bits per heavy atom. The summed E-state index contributed by atoms with van der Waals surface area (Å²) in [7, 11) is -2.25. The quantitative estimate of drug-likeness (QED) is 0.679. The van der Waals surface area contributed by atoms with Gasteiger partial charge in [-0.1, -0.05) is 23.7 Å². The van der Waals surface area contributed by atoms with Crippen molar-refractivity contribution in [3.8, 4) is 5.75 Å². The summed E-state index contributed by atoms with van der Waals surface area (Å²) in [4.78, 5) is 24.2. The number of piperidine rings is 1. The second-order valence-electron chi connectivity index (χ2n) is 7.10. The molecule has 1 fully saturated rings. The molecule has 0 radical (unpaired) electrons. The van der Waals surface area contributed by atoms with Crippen LogP contribution in [0.4, 0.5) is 5.69 Å². The highest BCUT2D eigenvalue weighted by atomic mass is 35.5. The molecule has 0 spiro atoms. The fourth-order valence-electron chi connectivity index (χ4n) is 3.38. The molecule has 2 aromatic carbocycles. The lowest BCUT2D eigenvalue weighted by Gasteiger charge is -2.30. The highest BCUT2D eigenvalue weighted by molar-refractivity contribution is 7.89. The second-order valence-corrected chi connectivity index (χ2v) is 9.45. The van der Waals surface area contributed by atoms with Crippen LogP contribution in [0.3, 0.4) is 0 Å². The zero-order valence-electron chi connectivity index (χ0n) is 16.7. The number of ether oxygens (including phenoxy) is 1. The van der Waals surface area contributed by atoms with Gasteiger partial charge in [0.05, 0.1) is 17.0 Å². The van der Waals surface area contributed by atoms with Crippen molar-refractivity contribution in [1.29, 1.82) is 0 Å². The minimum Gasteiger partial charge on any atom is -0.495 e. The van der Waals surface area contributed by atoms with Gasteiger partial charge in [0.25, 0.3) is 0 Å². The van der Waals surface area contributed by atoms with Crippen LogP contribution in [0.5, 0.6) is 5.75 Å². The average Bonchev–Trinajstić information content (AvgIpc) is 2.74. The molecule has 0 aromatic heterocycles. The van der Waals surface area contributed by atoms with Gasteiger partial charge in [-0.15, -0.1) is 0 Å². The Hall–Kier alpha value is -2.42. The van der Waals surface area contributed by atoms with Gasteiger partial charge in [0.2, 0.25) is 15.9 Å². The number of ketones is 1. The minimum atomic E-state index is -3.71. The molecular weight excluding hydrogens is 428 g/mol. The van der Waals surface area contributed by atoms with E-state index in [4.69, 9.17) is 16.3 Å². The van der Waals surface area contributed by atoms with E-state index in [1.165, 1.54) is 36.5 Å². The summed E-state index contributed by atoms with van der Waals surface area (Å²) in [5.74, 6) is -0.166. The molecule has 0 saturated carbocycles. The van der Waals surface area contributed by atoms with Gasteiger partial charge in [-0.3, -0.25) is 9.59 Å². The number of rotatable bonds is 6. The third kappa shape index (κ3) is 4.83. The van der Waals surface area contributed by atoms with E-state index in [1.54, 1.807) is 24.3 Å². The van der Waals surface area contributed by atoms with Crippen molar-refractivity contribution in [3.63, 3.8) is 0 Å². The lowest BCUT2D eigenvalue weighted by Crippen LogP contribution is -2.41. The second kappa shape index (κ2) is 9.16. The third-order valence-electron chi connectivity index (χ3n) is 5.12. The molecule has 1 amide bonds. The number of methoxy groups -OCH3 is 1. The Morgan fingerprint density at radius 3 is 2.43 bits per heavy atom. The molecule has 0 bridgehead atoms. The van der Waals surface area contributed by atoms with Crippen LogP contribution in [0.25, 0.3) is 0 Å². The number of nitrogens with one attached hydrogen (secondary N) is 1. The van der Waals surface area contributed by atoms with Crippen LogP contribution in [0, 0.1) is 5.92 Å². The van der Waals surface area contributed by atoms with Crippen molar-refractivity contribution in [2.24, 2.45) is 5.92 Å². The summed E-state index contributed by atoms with van der Waals surface area (Å²) in [5, 5.41) is 3.04. The SMILES string of the molecule is COc1ccc(S(=O)(=O)N2CCC(C(=O)Nc3cccc(C(C)=O)c3)CC2)cc1Cl. The number of Topliss-reactive ketones (excluding diaryl/α,β-unsaturated/α-hetero) is 1. The third-order valence-corrected chi connectivity index (χ3v) is 7.31. The number of anilines is 1. The summed E-state index contributed by atoms with van der Waals surface area (Å²) < 4.78 is 32.2. The van der Waals surface area contributed by atoms with Crippen LogP contribution in [0.1, 0.15) is 30.1 Å². The Balaban J connectivity index is 1.64. The maximum atomic E-state index is 12.9. The normalized spacial score (nSPS) is 15.6. The largest absolute Gasteiger partial charge is 0.495 e. The van der Waals surface area contributed by atoms with E-state index in [1.807, 2.05) is 0 Å². The number of sulfonamides is 1. The van der Waals surface area contributed by atoms with Crippen LogP contribution in [-0.2, 0) is 14.8 Å². The Morgan fingerprint density at radius 1 is 1.13 bits per heavy atom. The fraction of sp³-hybridized carbons (Fsp3) is 0.333. The maximum Gasteiger partial charge on any atom is 0.243 e. The predicted molar refractivity (Wildman–Crippen MR) is 115 cm³/mol. The standard InChI is InChI=1S/C21H23ClN2O5S/c1-14(25)16-4-3-5-17(12-16)23-21(26)15-8-10-24(11-9-15)30(27,28)18-6-7-20(29-2)19(22)13-18/h3-7,12-13,15H,8-11H2,1-2H3,(H,23,26). The number of carbonyl (C=O) groups excluding carboxylic acids is 2. The summed E-state index contributed by atoms with van der Waals surface area (Å²) in [6.07, 6.45) is 0.808. The van der Waals surface area contributed by atoms with Crippen molar-refractivity contribution in [3.05, 3.63) is 53.1 Å². The molecule has 2 aromatic rings. The summed E-state index contributed by atoms with van der Waals surface area (Å²) in [5.41, 5.74) is 1.07. The lowest BCUT2D eigenvalue weighted by molar-refractivity contribution is -0.120. The van der Waals surface area contributed by atoms with Gasteiger partial charge < -0.3 is 10.1 Å². The zero-order valence-corrected chi connectivity index (χ0v) is 18.3. The molecule has 1 heterocycles. The zero-order chi connectivity index (χ0) is 21.9. The average molecular weight is 451 g/mol. The van der Waals surface area contributed by atoms with Gasteiger partial charge in [-0.05, 0) is 50.1 Å². The Bertz CT molecular complexity index is 1060. The first kappa shape index (κ1) is 22.3. The number of amides is 1. The van der Waals surface area contributed by atoms with Gasteiger partial charge >= 0.3 is 0 Å². The number of benzene rings is 2. The highest BCUT2D eigenvalue weighted by Gasteiger charge is 2.32. The molecule has 3 rings (SSSR count). The molecule has 9 heteroatoms. The molecule has 0 aliphatic carbocycles. The summed E-state index contributed by atoms with van der Waals surface area (Å²) in [6, 6.07) is 11.1. The highest BCUT2D eigenvalue weighted by Crippen LogP contribution is 2.30. The van der Waals surface area contributed by atoms with Crippen molar-refractivity contribution in [2.45, 2.75) is 24.7 Å². The van der Waals surface area contributed by atoms with Crippen LogP contribution in [-0.4, -0.2) is 44.6 Å². The van der Waals surface area contributed by atoms with E-state index in [0.717, 1.165) is 0 Å². The molecule has 160 valence electrons. The number of nitrogens with zero attached hydrogens (tertiary/aromatic N) is 1. The van der Waals surface area contributed by atoms with Crippen molar-refractivity contribution in [2.75, 3.05) is 25.5 Å². The molecule has 1 saturated heterocycles. The van der Waals surface area contributed by atoms with Gasteiger partial charge in [0.1, 0.15) is 5.75 Å². The molecular formula is C21H23ClN2O5S. The first-order valence-corrected chi connectivity index (χ1v) is 11.3. The van der Waals surface area contributed by atoms with Crippen LogP contribution in [0.15, 0.2) is 47.4 Å². The Kier molecular flexibility index (Phi) is 6.80. The first-order valence-electron chi connectivity index (χ1n) is 9.48. The summed E-state index contributed by atoms with van der Waals surface area (Å²) in [6.45, 7) is 1.93. The molecule has 1 aliphatic rings. The molecule has 30 heavy (non-hydrogen) atoms. The van der Waals surface area contributed by atoms with E-state index >= 15 is 0 Å². The molecule has 1 aliphatic heterocycles. The van der Waals surface area contributed by atoms with E-state index in [-0.39, 0.29) is 40.6 Å². The van der Waals surface area contributed by atoms with Crippen molar-refractivity contribution < 1.29 is 22.7 Å². The van der Waals surface area contributed by atoms with Gasteiger partial charge in [0.15, 0.2) is 5.78 Å². The van der Waals surface area contributed by atoms with Gasteiger partial charge in [-0.2, -0.15) is 4.31 Å². The number of hydrogen-bond donors (Lipinski definition) is 1. The van der Waals surface area contributed by atoms with Crippen LogP contribution in [0.2, 0.25) is 5.02 Å². The molecule has 0 atom stereocenters. The molecule has 0 unspecified atom stereocenters. The molecule has 1 N–H and O–H groups in total. The van der Waals surface area contributed by atoms with Crippen LogP contribution >= 0.6 is 11.6 Å². The minimum absolute atomic E-state index is 0.0803. The Labute approximate surface area is 181 Å². The van der Waals surface area contributed by atoms with Crippen molar-refractivity contribution in [1.82, 2.24) is 4.31 Å². The van der Waals surface area contributed by atoms with Gasteiger partial charge in [-0.25, -0.2) is 8.42 Å². The topological polar surface area (TPSA) is 92.8 Å². The number of hydrogen-bond acceptors (Lipinski definition) is 5. The lowest BCUT2D eigenvalue weighted by atomic mass is 9.97. The monoisotopic (exact) mass is 450 g/mol. The van der Waals surface area contributed by atoms with E-state index in [0.29, 0.717) is 29.8 Å². The first-order chi connectivity index (χ1) is 14.2. The predicted octanol–water partition coefficient (Wildman–Crippen LogP) is 3.59.